The summed E-state index contributed by atoms with van der Waals surface area (Å²) in [4.78, 5) is 0. The van der Waals surface area contributed by atoms with Crippen LogP contribution in [0.25, 0.3) is 0 Å². The second kappa shape index (κ2) is 5.53. The number of halogens is 1. The van der Waals surface area contributed by atoms with Gasteiger partial charge in [-0.2, -0.15) is 0 Å². The Labute approximate surface area is 96.8 Å². The van der Waals surface area contributed by atoms with Crippen molar-refractivity contribution >= 4 is 11.6 Å². The Bertz CT molecular complexity index is 322. The Balaban J connectivity index is 2.00. The third-order valence-electron chi connectivity index (χ3n) is 3.10. The van der Waals surface area contributed by atoms with E-state index in [1.807, 2.05) is 0 Å². The zero-order valence-electron chi connectivity index (χ0n) is 9.06. The van der Waals surface area contributed by atoms with E-state index >= 15 is 0 Å². The third-order valence-corrected chi connectivity index (χ3v) is 3.29. The van der Waals surface area contributed by atoms with Crippen LogP contribution in [0.3, 0.4) is 0 Å². The maximum absolute atomic E-state index is 5.57. The highest BCUT2D eigenvalue weighted by molar-refractivity contribution is 6.17. The van der Waals surface area contributed by atoms with Crippen LogP contribution in [0.4, 0.5) is 0 Å². The molecule has 0 bridgehead atoms. The Morgan fingerprint density at radius 2 is 1.93 bits per heavy atom. The van der Waals surface area contributed by atoms with Crippen molar-refractivity contribution in [2.45, 2.75) is 32.1 Å². The van der Waals surface area contributed by atoms with Gasteiger partial charge in [-0.3, -0.25) is 0 Å². The summed E-state index contributed by atoms with van der Waals surface area (Å²) in [5.41, 5.74) is 4.58. The highest BCUT2D eigenvalue weighted by Gasteiger charge is 2.08. The van der Waals surface area contributed by atoms with E-state index in [-0.39, 0.29) is 0 Å². The Morgan fingerprint density at radius 1 is 1.13 bits per heavy atom. The second-order valence-corrected chi connectivity index (χ2v) is 4.46. The SMILES string of the molecule is ClCNCCc1ccc2c(c1)CCCC2. The summed E-state index contributed by atoms with van der Waals surface area (Å²) >= 11 is 5.57. The fourth-order valence-electron chi connectivity index (χ4n) is 2.24. The van der Waals surface area contributed by atoms with Crippen molar-refractivity contribution in [1.29, 1.82) is 0 Å². The normalized spacial score (nSPS) is 15.0. The molecule has 2 heteroatoms. The van der Waals surface area contributed by atoms with Gasteiger partial charge in [0.25, 0.3) is 0 Å². The first-order valence-electron chi connectivity index (χ1n) is 5.77. The lowest BCUT2D eigenvalue weighted by molar-refractivity contribution is 0.683. The van der Waals surface area contributed by atoms with Crippen LogP contribution in [0.2, 0.25) is 0 Å². The van der Waals surface area contributed by atoms with Gasteiger partial charge in [0.1, 0.15) is 0 Å². The highest BCUT2D eigenvalue weighted by atomic mass is 35.5. The fraction of sp³-hybridized carbons (Fsp3) is 0.538. The molecule has 0 spiro atoms. The summed E-state index contributed by atoms with van der Waals surface area (Å²) in [7, 11) is 0. The van der Waals surface area contributed by atoms with Crippen LogP contribution in [-0.2, 0) is 19.3 Å². The number of benzene rings is 1. The van der Waals surface area contributed by atoms with Crippen molar-refractivity contribution in [2.24, 2.45) is 0 Å². The lowest BCUT2D eigenvalue weighted by Crippen LogP contribution is -2.15. The number of hydrogen-bond donors (Lipinski definition) is 1. The van der Waals surface area contributed by atoms with Crippen LogP contribution < -0.4 is 5.32 Å². The molecule has 0 aliphatic heterocycles. The quantitative estimate of drug-likeness (QED) is 0.470. The molecule has 2 rings (SSSR count). The molecule has 0 saturated heterocycles. The number of nitrogens with one attached hydrogen (secondary N) is 1. The molecule has 1 aliphatic carbocycles. The molecular formula is C13H18ClN. The second-order valence-electron chi connectivity index (χ2n) is 4.19. The summed E-state index contributed by atoms with van der Waals surface area (Å²) < 4.78 is 0. The van der Waals surface area contributed by atoms with E-state index in [0.717, 1.165) is 13.0 Å². The summed E-state index contributed by atoms with van der Waals surface area (Å²) in [6.45, 7) is 0.974. The van der Waals surface area contributed by atoms with Crippen LogP contribution in [0.1, 0.15) is 29.5 Å². The van der Waals surface area contributed by atoms with Gasteiger partial charge < -0.3 is 5.32 Å². The van der Waals surface area contributed by atoms with E-state index < -0.39 is 0 Å². The predicted octanol–water partition coefficient (Wildman–Crippen LogP) is 2.89. The molecule has 0 radical (unpaired) electrons. The lowest BCUT2D eigenvalue weighted by atomic mass is 9.90. The first-order valence-corrected chi connectivity index (χ1v) is 6.31. The van der Waals surface area contributed by atoms with Crippen LogP contribution in [0.5, 0.6) is 0 Å². The summed E-state index contributed by atoms with van der Waals surface area (Å²) in [5, 5.41) is 3.14. The van der Waals surface area contributed by atoms with E-state index in [4.69, 9.17) is 11.6 Å². The van der Waals surface area contributed by atoms with Gasteiger partial charge in [-0.1, -0.05) is 18.2 Å². The molecule has 15 heavy (non-hydrogen) atoms. The number of hydrogen-bond acceptors (Lipinski definition) is 1. The van der Waals surface area contributed by atoms with E-state index in [1.54, 1.807) is 11.1 Å². The molecule has 0 unspecified atom stereocenters. The van der Waals surface area contributed by atoms with Gasteiger partial charge in [0.2, 0.25) is 0 Å². The monoisotopic (exact) mass is 223 g/mol. The van der Waals surface area contributed by atoms with E-state index in [9.17, 15) is 0 Å². The van der Waals surface area contributed by atoms with E-state index in [1.165, 1.54) is 31.2 Å². The van der Waals surface area contributed by atoms with Gasteiger partial charge in [-0.25, -0.2) is 0 Å². The molecular weight excluding hydrogens is 206 g/mol. The van der Waals surface area contributed by atoms with Crippen molar-refractivity contribution in [3.63, 3.8) is 0 Å². The van der Waals surface area contributed by atoms with Crippen LogP contribution >= 0.6 is 11.6 Å². The van der Waals surface area contributed by atoms with Gasteiger partial charge in [0.05, 0.1) is 6.00 Å². The Hall–Kier alpha value is -0.530. The molecule has 0 amide bonds. The third kappa shape index (κ3) is 2.96. The van der Waals surface area contributed by atoms with Crippen LogP contribution in [0, 0.1) is 0 Å². The number of rotatable bonds is 4. The average Bonchev–Trinajstić information content (AvgIpc) is 2.29. The molecule has 1 aromatic carbocycles. The molecule has 1 nitrogen and oxygen atoms in total. The zero-order valence-corrected chi connectivity index (χ0v) is 9.82. The predicted molar refractivity (Wildman–Crippen MR) is 65.5 cm³/mol. The van der Waals surface area contributed by atoms with Crippen molar-refractivity contribution < 1.29 is 0 Å². The molecule has 0 heterocycles. The minimum Gasteiger partial charge on any atom is -0.304 e. The molecule has 1 aliphatic rings. The van der Waals surface area contributed by atoms with Crippen molar-refractivity contribution in [2.75, 3.05) is 12.5 Å². The highest BCUT2D eigenvalue weighted by Crippen LogP contribution is 2.22. The number of alkyl halides is 1. The fourth-order valence-corrected chi connectivity index (χ4v) is 2.38. The lowest BCUT2D eigenvalue weighted by Gasteiger charge is -2.16. The summed E-state index contributed by atoms with van der Waals surface area (Å²) in [6, 6.07) is 7.50. The van der Waals surface area contributed by atoms with Crippen molar-refractivity contribution in [3.8, 4) is 0 Å². The van der Waals surface area contributed by atoms with Gasteiger partial charge in [0.15, 0.2) is 0 Å². The molecule has 0 atom stereocenters. The zero-order chi connectivity index (χ0) is 10.5. The molecule has 1 N–H and O–H groups in total. The minimum atomic E-state index is 0.547. The van der Waals surface area contributed by atoms with Gasteiger partial charge in [0, 0.05) is 6.54 Å². The van der Waals surface area contributed by atoms with Crippen LogP contribution in [0.15, 0.2) is 18.2 Å². The Kier molecular flexibility index (Phi) is 4.04. The summed E-state index contributed by atoms with van der Waals surface area (Å²) in [6.07, 6.45) is 6.35. The molecule has 82 valence electrons. The average molecular weight is 224 g/mol. The molecule has 0 fully saturated rings. The molecule has 1 aromatic rings. The molecule has 0 aromatic heterocycles. The first kappa shape index (κ1) is 11.0. The number of fused-ring (bicyclic) bond motifs is 1. The first-order chi connectivity index (χ1) is 7.40. The van der Waals surface area contributed by atoms with Gasteiger partial charge in [-0.15, -0.1) is 11.6 Å². The summed E-state index contributed by atoms with van der Waals surface area (Å²) in [5.74, 6) is 0. The maximum Gasteiger partial charge on any atom is 0.0713 e. The van der Waals surface area contributed by atoms with E-state index in [2.05, 4.69) is 23.5 Å². The number of aryl methyl sites for hydroxylation is 2. The molecule has 0 saturated carbocycles. The minimum absolute atomic E-state index is 0.547. The topological polar surface area (TPSA) is 12.0 Å². The van der Waals surface area contributed by atoms with Crippen LogP contribution in [-0.4, -0.2) is 12.5 Å². The van der Waals surface area contributed by atoms with Gasteiger partial charge in [-0.05, 0) is 48.8 Å². The standard InChI is InChI=1S/C13H18ClN/c14-10-15-8-7-11-5-6-12-3-1-2-4-13(12)9-11/h5-6,9,15H,1-4,7-8,10H2. The largest absolute Gasteiger partial charge is 0.304 e. The van der Waals surface area contributed by atoms with Gasteiger partial charge >= 0.3 is 0 Å². The maximum atomic E-state index is 5.57. The van der Waals surface area contributed by atoms with E-state index in [0.29, 0.717) is 6.00 Å². The van der Waals surface area contributed by atoms with Crippen molar-refractivity contribution in [1.82, 2.24) is 5.32 Å². The Morgan fingerprint density at radius 3 is 2.73 bits per heavy atom. The van der Waals surface area contributed by atoms with Crippen molar-refractivity contribution in [3.05, 3.63) is 34.9 Å². The smallest absolute Gasteiger partial charge is 0.0713 e.